The monoisotopic (exact) mass is 516 g/mol. The molecule has 0 spiro atoms. The Hall–Kier alpha value is -5.19. The van der Waals surface area contributed by atoms with E-state index in [4.69, 9.17) is 11.5 Å². The van der Waals surface area contributed by atoms with Crippen molar-refractivity contribution in [3.8, 4) is 11.1 Å². The van der Waals surface area contributed by atoms with Gasteiger partial charge in [0.05, 0.1) is 16.6 Å². The van der Waals surface area contributed by atoms with Gasteiger partial charge in [-0.05, 0) is 58.0 Å². The third-order valence-corrected chi connectivity index (χ3v) is 7.70. The molecule has 4 N–H and O–H groups in total. The lowest BCUT2D eigenvalue weighted by Crippen LogP contribution is -1.97. The second-order valence-corrected chi connectivity index (χ2v) is 9.91. The minimum atomic E-state index is 0.483. The van der Waals surface area contributed by atoms with Crippen LogP contribution in [0.4, 0.5) is 5.69 Å². The Labute approximate surface area is 232 Å². The van der Waals surface area contributed by atoms with E-state index in [0.717, 1.165) is 49.9 Å². The van der Waals surface area contributed by atoms with Crippen LogP contribution < -0.4 is 11.5 Å². The van der Waals surface area contributed by atoms with E-state index in [9.17, 15) is 0 Å². The molecule has 192 valence electrons. The summed E-state index contributed by atoms with van der Waals surface area (Å²) in [5.41, 5.74) is 22.4. The molecule has 0 aliphatic rings. The molecule has 4 nitrogen and oxygen atoms in total. The van der Waals surface area contributed by atoms with Gasteiger partial charge in [0.1, 0.15) is 0 Å². The van der Waals surface area contributed by atoms with Gasteiger partial charge in [0.15, 0.2) is 0 Å². The molecule has 0 aliphatic carbocycles. The highest BCUT2D eigenvalue weighted by Gasteiger charge is 2.18. The van der Waals surface area contributed by atoms with Gasteiger partial charge in [-0.3, -0.25) is 4.98 Å². The molecule has 4 aromatic carbocycles. The van der Waals surface area contributed by atoms with E-state index >= 15 is 0 Å². The molecule has 0 atom stereocenters. The van der Waals surface area contributed by atoms with Crippen molar-refractivity contribution in [1.82, 2.24) is 9.38 Å². The minimum Gasteiger partial charge on any atom is -0.398 e. The van der Waals surface area contributed by atoms with Crippen LogP contribution in [0.1, 0.15) is 11.1 Å². The molecule has 0 amide bonds. The Morgan fingerprint density at radius 2 is 1.35 bits per heavy atom. The van der Waals surface area contributed by atoms with Gasteiger partial charge >= 0.3 is 0 Å². The average molecular weight is 517 g/mol. The van der Waals surface area contributed by atoms with Gasteiger partial charge in [0.2, 0.25) is 0 Å². The van der Waals surface area contributed by atoms with Crippen LogP contribution >= 0.6 is 0 Å². The number of aromatic nitrogens is 2. The first-order valence-corrected chi connectivity index (χ1v) is 13.5. The summed E-state index contributed by atoms with van der Waals surface area (Å²) in [6.45, 7) is 0.483. The number of benzene rings is 4. The Kier molecular flexibility index (Phi) is 5.88. The average Bonchev–Trinajstić information content (AvgIpc) is 3.42. The van der Waals surface area contributed by atoms with E-state index in [1.165, 1.54) is 21.7 Å². The minimum absolute atomic E-state index is 0.483. The summed E-state index contributed by atoms with van der Waals surface area (Å²) in [4.78, 5) is 4.22. The molecule has 0 radical (unpaired) electrons. The van der Waals surface area contributed by atoms with E-state index in [2.05, 4.69) is 106 Å². The van der Waals surface area contributed by atoms with Crippen LogP contribution in [0, 0.1) is 0 Å². The first-order valence-electron chi connectivity index (χ1n) is 13.5. The molecule has 7 rings (SSSR count). The third-order valence-electron chi connectivity index (χ3n) is 7.70. The molecule has 3 heterocycles. The van der Waals surface area contributed by atoms with Gasteiger partial charge in [-0.15, -0.1) is 0 Å². The topological polar surface area (TPSA) is 69.3 Å². The lowest BCUT2D eigenvalue weighted by atomic mass is 9.89. The van der Waals surface area contributed by atoms with Crippen LogP contribution in [-0.4, -0.2) is 15.9 Å². The zero-order valence-corrected chi connectivity index (χ0v) is 22.0. The highest BCUT2D eigenvalue weighted by molar-refractivity contribution is 6.17. The fourth-order valence-electron chi connectivity index (χ4n) is 5.90. The quantitative estimate of drug-likeness (QED) is 0.138. The fourth-order valence-corrected chi connectivity index (χ4v) is 5.90. The van der Waals surface area contributed by atoms with Crippen molar-refractivity contribution in [1.29, 1.82) is 0 Å². The number of pyridine rings is 2. The number of para-hydroxylation sites is 1. The fraction of sp³-hybridized carbons (Fsp3) is 0.0278. The van der Waals surface area contributed by atoms with Gasteiger partial charge in [0.25, 0.3) is 0 Å². The largest absolute Gasteiger partial charge is 0.398 e. The lowest BCUT2D eigenvalue weighted by molar-refractivity contribution is 1.25. The van der Waals surface area contributed by atoms with E-state index in [-0.39, 0.29) is 0 Å². The van der Waals surface area contributed by atoms with Crippen LogP contribution in [-0.2, 0) is 0 Å². The Morgan fingerprint density at radius 3 is 2.15 bits per heavy atom. The number of nitrogens with zero attached hydrogens (tertiary/aromatic N) is 2. The molecular weight excluding hydrogens is 488 g/mol. The maximum Gasteiger partial charge on any atom is 0.0556 e. The zero-order chi connectivity index (χ0) is 27.1. The van der Waals surface area contributed by atoms with Crippen LogP contribution in [0.5, 0.6) is 0 Å². The maximum atomic E-state index is 7.06. The Balaban J connectivity index is 1.51. The second-order valence-electron chi connectivity index (χ2n) is 9.91. The molecule has 0 aliphatic heterocycles. The highest BCUT2D eigenvalue weighted by atomic mass is 14.9. The summed E-state index contributed by atoms with van der Waals surface area (Å²) in [6, 6.07) is 36.3. The molecular formula is C36H28N4. The normalized spacial score (nSPS) is 12.4. The van der Waals surface area contributed by atoms with Crippen molar-refractivity contribution in [2.45, 2.75) is 0 Å². The smallest absolute Gasteiger partial charge is 0.0556 e. The highest BCUT2D eigenvalue weighted by Crippen LogP contribution is 2.41. The third kappa shape index (κ3) is 3.77. The van der Waals surface area contributed by atoms with Crippen molar-refractivity contribution < 1.29 is 0 Å². The number of anilines is 1. The van der Waals surface area contributed by atoms with Crippen molar-refractivity contribution in [3.05, 3.63) is 145 Å². The predicted molar refractivity (Wildman–Crippen MR) is 169 cm³/mol. The molecule has 0 unspecified atom stereocenters. The number of rotatable bonds is 5. The molecule has 0 saturated carbocycles. The van der Waals surface area contributed by atoms with E-state index in [1.54, 1.807) is 0 Å². The van der Waals surface area contributed by atoms with Crippen LogP contribution in [0.15, 0.2) is 134 Å². The molecule has 40 heavy (non-hydrogen) atoms. The van der Waals surface area contributed by atoms with Gasteiger partial charge in [-0.1, -0.05) is 91.0 Å². The van der Waals surface area contributed by atoms with Gasteiger partial charge in [0, 0.05) is 46.3 Å². The second kappa shape index (κ2) is 9.84. The first kappa shape index (κ1) is 23.9. The summed E-state index contributed by atoms with van der Waals surface area (Å²) in [6.07, 6.45) is 9.71. The van der Waals surface area contributed by atoms with Crippen molar-refractivity contribution in [2.75, 3.05) is 12.3 Å². The molecule has 0 fully saturated rings. The number of hydrogen-bond acceptors (Lipinski definition) is 3. The van der Waals surface area contributed by atoms with Gasteiger partial charge < -0.3 is 15.9 Å². The Bertz CT molecular complexity index is 2100. The van der Waals surface area contributed by atoms with Crippen molar-refractivity contribution >= 4 is 49.4 Å². The number of nitrogen functional groups attached to an aromatic ring is 1. The van der Waals surface area contributed by atoms with Crippen LogP contribution in [0.3, 0.4) is 0 Å². The molecule has 0 bridgehead atoms. The summed E-state index contributed by atoms with van der Waals surface area (Å²) in [5.74, 6) is 0. The van der Waals surface area contributed by atoms with E-state index in [1.807, 2.05) is 36.7 Å². The summed E-state index contributed by atoms with van der Waals surface area (Å²) >= 11 is 0. The van der Waals surface area contributed by atoms with Gasteiger partial charge in [-0.25, -0.2) is 0 Å². The number of hydrogen-bond donors (Lipinski definition) is 2. The van der Waals surface area contributed by atoms with Crippen LogP contribution in [0.25, 0.3) is 54.8 Å². The standard InChI is InChI=1S/C36H28N4/c37-20-8-7-9-25(24-18-21-39-22-19-24)26-10-1-2-11-27(26)31-16-17-34-32(36(31)38)23-35-30-14-4-3-12-28(30)29-13-5-6-15-33(29)40(34)35/h1-19,21-23H,20,37-38H2/b8-7-,25-9?. The number of nitrogens with two attached hydrogens (primary N) is 2. The molecule has 4 heteroatoms. The summed E-state index contributed by atoms with van der Waals surface area (Å²) < 4.78 is 2.35. The van der Waals surface area contributed by atoms with E-state index < -0.39 is 0 Å². The summed E-state index contributed by atoms with van der Waals surface area (Å²) in [7, 11) is 0. The van der Waals surface area contributed by atoms with Gasteiger partial charge in [-0.2, -0.15) is 0 Å². The number of fused-ring (bicyclic) bond motifs is 8. The predicted octanol–water partition coefficient (Wildman–Crippen LogP) is 7.99. The lowest BCUT2D eigenvalue weighted by Gasteiger charge is -2.16. The van der Waals surface area contributed by atoms with Crippen LogP contribution in [0.2, 0.25) is 0 Å². The first-order chi connectivity index (χ1) is 19.8. The molecule has 3 aromatic heterocycles. The van der Waals surface area contributed by atoms with Crippen molar-refractivity contribution in [3.63, 3.8) is 0 Å². The Morgan fingerprint density at radius 1 is 0.675 bits per heavy atom. The summed E-state index contributed by atoms with van der Waals surface area (Å²) in [5, 5.41) is 4.74. The maximum absolute atomic E-state index is 7.06. The van der Waals surface area contributed by atoms with E-state index in [0.29, 0.717) is 6.54 Å². The molecule has 7 aromatic rings. The van der Waals surface area contributed by atoms with Crippen molar-refractivity contribution in [2.24, 2.45) is 5.73 Å². The number of allylic oxidation sites excluding steroid dienone is 2. The zero-order valence-electron chi connectivity index (χ0n) is 22.0. The SMILES string of the molecule is NC/C=C\C=C(c1ccncc1)c1ccccc1-c1ccc2c(cc3c4ccccc4c4ccccc4n23)c1N. The molecule has 0 saturated heterocycles.